The van der Waals surface area contributed by atoms with Crippen LogP contribution in [0.15, 0.2) is 12.2 Å². The van der Waals surface area contributed by atoms with Gasteiger partial charge < -0.3 is 20.3 Å². The summed E-state index contributed by atoms with van der Waals surface area (Å²) in [6.07, 6.45) is 93.4. The van der Waals surface area contributed by atoms with Crippen molar-refractivity contribution < 1.29 is 24.5 Å². The van der Waals surface area contributed by atoms with Crippen LogP contribution in [0.5, 0.6) is 0 Å². The Bertz CT molecular complexity index is 1270. The fourth-order valence-electron chi connectivity index (χ4n) is 12.6. The number of carbonyl (C=O) groups is 2. The van der Waals surface area contributed by atoms with Crippen LogP contribution in [0.3, 0.4) is 0 Å². The highest BCUT2D eigenvalue weighted by Crippen LogP contribution is 2.20. The van der Waals surface area contributed by atoms with Crippen molar-refractivity contribution in [2.75, 3.05) is 13.2 Å². The van der Waals surface area contributed by atoms with Crippen molar-refractivity contribution in [3.05, 3.63) is 12.2 Å². The molecule has 0 aromatic heterocycles. The first-order valence-electron chi connectivity index (χ1n) is 39.0. The molecule has 0 bridgehead atoms. The predicted molar refractivity (Wildman–Crippen MR) is 370 cm³/mol. The summed E-state index contributed by atoms with van der Waals surface area (Å²) in [4.78, 5) is 24.6. The molecule has 0 aliphatic carbocycles. The van der Waals surface area contributed by atoms with Crippen molar-refractivity contribution in [1.82, 2.24) is 5.32 Å². The van der Waals surface area contributed by atoms with Gasteiger partial charge in [0.2, 0.25) is 5.91 Å². The number of aliphatic hydroxyl groups excluding tert-OH is 2. The number of allylic oxidation sites excluding steroid dienone is 1. The molecule has 0 spiro atoms. The van der Waals surface area contributed by atoms with Gasteiger partial charge in [0.25, 0.3) is 0 Å². The predicted octanol–water partition coefficient (Wildman–Crippen LogP) is 25.5. The van der Waals surface area contributed by atoms with E-state index < -0.39 is 12.1 Å². The van der Waals surface area contributed by atoms with Crippen LogP contribution in [-0.2, 0) is 14.3 Å². The topological polar surface area (TPSA) is 95.9 Å². The largest absolute Gasteiger partial charge is 0.466 e. The van der Waals surface area contributed by atoms with E-state index in [1.54, 1.807) is 6.08 Å². The van der Waals surface area contributed by atoms with Crippen LogP contribution in [0.1, 0.15) is 450 Å². The summed E-state index contributed by atoms with van der Waals surface area (Å²) in [6.45, 7) is 4.96. The first-order valence-corrected chi connectivity index (χ1v) is 39.0. The standard InChI is InChI=1S/C78H153NO5/c1-3-5-7-9-11-13-15-17-18-19-20-38-41-44-47-50-54-58-62-66-70-76(81)75(74-80)79-77(82)71-67-63-59-55-51-48-45-42-39-36-34-32-30-28-26-24-22-21-23-25-27-29-31-33-35-37-40-43-46-49-53-57-61-65-69-73-84-78(83)72-68-64-60-56-52-16-14-12-10-8-6-4-2/h66,70,75-76,80-81H,3-65,67-69,71-74H2,1-2H3,(H,79,82)/b70-66+. The number of unbranched alkanes of at least 4 members (excludes halogenated alkanes) is 63. The number of nitrogens with one attached hydrogen (secondary N) is 1. The van der Waals surface area contributed by atoms with Crippen molar-refractivity contribution in [2.45, 2.75) is 463 Å². The minimum Gasteiger partial charge on any atom is -0.466 e. The van der Waals surface area contributed by atoms with Gasteiger partial charge in [-0.05, 0) is 32.1 Å². The normalized spacial score (nSPS) is 12.5. The Morgan fingerprint density at radius 2 is 0.548 bits per heavy atom. The zero-order valence-electron chi connectivity index (χ0n) is 57.4. The average molecular weight is 1190 g/mol. The third kappa shape index (κ3) is 69.7. The molecule has 0 aromatic rings. The van der Waals surface area contributed by atoms with Gasteiger partial charge in [-0.1, -0.05) is 418 Å². The smallest absolute Gasteiger partial charge is 0.305 e. The monoisotopic (exact) mass is 1180 g/mol. The van der Waals surface area contributed by atoms with Crippen LogP contribution in [0.25, 0.3) is 0 Å². The third-order valence-corrected chi connectivity index (χ3v) is 18.6. The summed E-state index contributed by atoms with van der Waals surface area (Å²) in [6, 6.07) is -0.624. The summed E-state index contributed by atoms with van der Waals surface area (Å²) in [5.41, 5.74) is 0. The zero-order chi connectivity index (χ0) is 60.6. The number of amides is 1. The SMILES string of the molecule is CCCCCCCCCCCCCCCCCCCC/C=C/C(O)C(CO)NC(=O)CCCCCCCCCCCCCCCCCCCCCCCCCCCCCCCCCCCCCOC(=O)CCCCCCCCCCCCCC. The van der Waals surface area contributed by atoms with E-state index in [4.69, 9.17) is 4.74 Å². The molecule has 0 radical (unpaired) electrons. The van der Waals surface area contributed by atoms with Gasteiger partial charge in [0.1, 0.15) is 0 Å². The van der Waals surface area contributed by atoms with Gasteiger partial charge in [-0.15, -0.1) is 0 Å². The maximum Gasteiger partial charge on any atom is 0.305 e. The van der Waals surface area contributed by atoms with Crippen LogP contribution in [-0.4, -0.2) is 47.4 Å². The van der Waals surface area contributed by atoms with Gasteiger partial charge in [0.05, 0.1) is 25.4 Å². The van der Waals surface area contributed by atoms with Gasteiger partial charge in [0.15, 0.2) is 0 Å². The second-order valence-electron chi connectivity index (χ2n) is 27.1. The Labute approximate surface area is 527 Å². The third-order valence-electron chi connectivity index (χ3n) is 18.6. The molecule has 2 unspecified atom stereocenters. The number of hydrogen-bond acceptors (Lipinski definition) is 5. The van der Waals surface area contributed by atoms with Gasteiger partial charge in [-0.2, -0.15) is 0 Å². The average Bonchev–Trinajstić information content (AvgIpc) is 3.52. The molecule has 0 fully saturated rings. The van der Waals surface area contributed by atoms with E-state index in [2.05, 4.69) is 19.2 Å². The molecule has 500 valence electrons. The first-order chi connectivity index (χ1) is 41.5. The fraction of sp³-hybridized carbons (Fsp3) is 0.949. The fourth-order valence-corrected chi connectivity index (χ4v) is 12.6. The van der Waals surface area contributed by atoms with Gasteiger partial charge in [0, 0.05) is 12.8 Å². The lowest BCUT2D eigenvalue weighted by atomic mass is 10.0. The molecule has 0 heterocycles. The molecular weight excluding hydrogens is 1030 g/mol. The number of aliphatic hydroxyl groups is 2. The van der Waals surface area contributed by atoms with Crippen LogP contribution in [0.2, 0.25) is 0 Å². The number of ether oxygens (including phenoxy) is 1. The van der Waals surface area contributed by atoms with Crippen LogP contribution < -0.4 is 5.32 Å². The maximum atomic E-state index is 12.5. The highest BCUT2D eigenvalue weighted by Gasteiger charge is 2.18. The molecule has 2 atom stereocenters. The van der Waals surface area contributed by atoms with Gasteiger partial charge in [-0.25, -0.2) is 0 Å². The van der Waals surface area contributed by atoms with E-state index in [1.165, 1.54) is 385 Å². The molecule has 6 nitrogen and oxygen atoms in total. The number of carbonyl (C=O) groups excluding carboxylic acids is 2. The highest BCUT2D eigenvalue weighted by atomic mass is 16.5. The molecular formula is C78H153NO5. The lowest BCUT2D eigenvalue weighted by Crippen LogP contribution is -2.45. The lowest BCUT2D eigenvalue weighted by Gasteiger charge is -2.20. The molecule has 6 heteroatoms. The number of esters is 1. The molecule has 1 amide bonds. The van der Waals surface area contributed by atoms with Crippen LogP contribution >= 0.6 is 0 Å². The summed E-state index contributed by atoms with van der Waals surface area (Å²) < 4.78 is 5.49. The second kappa shape index (κ2) is 74.1. The van der Waals surface area contributed by atoms with Crippen LogP contribution in [0, 0.1) is 0 Å². The van der Waals surface area contributed by atoms with Crippen molar-refractivity contribution >= 4 is 11.9 Å². The Kier molecular flexibility index (Phi) is 72.8. The van der Waals surface area contributed by atoms with Gasteiger partial charge in [-0.3, -0.25) is 9.59 Å². The van der Waals surface area contributed by atoms with E-state index in [0.29, 0.717) is 19.4 Å². The van der Waals surface area contributed by atoms with E-state index in [0.717, 1.165) is 38.5 Å². The summed E-state index contributed by atoms with van der Waals surface area (Å²) in [5.74, 6) is -0.0336. The maximum absolute atomic E-state index is 12.5. The molecule has 0 saturated carbocycles. The minimum absolute atomic E-state index is 0.0241. The van der Waals surface area contributed by atoms with Crippen molar-refractivity contribution in [3.63, 3.8) is 0 Å². The van der Waals surface area contributed by atoms with Crippen LogP contribution in [0.4, 0.5) is 0 Å². The molecule has 0 aliphatic heterocycles. The number of rotatable bonds is 74. The Hall–Kier alpha value is -1.40. The summed E-state index contributed by atoms with van der Waals surface area (Å²) >= 11 is 0. The first kappa shape index (κ1) is 82.6. The molecule has 84 heavy (non-hydrogen) atoms. The molecule has 3 N–H and O–H groups in total. The van der Waals surface area contributed by atoms with E-state index in [-0.39, 0.29) is 18.5 Å². The van der Waals surface area contributed by atoms with Crippen molar-refractivity contribution in [1.29, 1.82) is 0 Å². The van der Waals surface area contributed by atoms with Crippen molar-refractivity contribution in [2.24, 2.45) is 0 Å². The number of hydrogen-bond donors (Lipinski definition) is 3. The van der Waals surface area contributed by atoms with Gasteiger partial charge >= 0.3 is 5.97 Å². The van der Waals surface area contributed by atoms with E-state index >= 15 is 0 Å². The highest BCUT2D eigenvalue weighted by molar-refractivity contribution is 5.76. The Balaban J connectivity index is 3.33. The molecule has 0 aromatic carbocycles. The molecule has 0 saturated heterocycles. The Morgan fingerprint density at radius 1 is 0.321 bits per heavy atom. The summed E-state index contributed by atoms with van der Waals surface area (Å²) in [5, 5.41) is 23.3. The van der Waals surface area contributed by atoms with E-state index in [1.807, 2.05) is 6.08 Å². The zero-order valence-corrected chi connectivity index (χ0v) is 57.4. The summed E-state index contributed by atoms with van der Waals surface area (Å²) in [7, 11) is 0. The minimum atomic E-state index is -0.841. The lowest BCUT2D eigenvalue weighted by molar-refractivity contribution is -0.143. The molecule has 0 aliphatic rings. The Morgan fingerprint density at radius 3 is 0.810 bits per heavy atom. The quantitative estimate of drug-likeness (QED) is 0.0320. The van der Waals surface area contributed by atoms with E-state index in [9.17, 15) is 19.8 Å². The van der Waals surface area contributed by atoms with Crippen molar-refractivity contribution in [3.8, 4) is 0 Å². The molecule has 0 rings (SSSR count). The second-order valence-corrected chi connectivity index (χ2v) is 27.1.